The third kappa shape index (κ3) is 5.32. The normalized spacial score (nSPS) is 10.1. The number of likely N-dealkylation sites (N-methyl/N-ethyl adjacent to an activating group) is 1. The van der Waals surface area contributed by atoms with Crippen molar-refractivity contribution in [1.29, 1.82) is 0 Å². The zero-order valence-electron chi connectivity index (χ0n) is 14.6. The maximum atomic E-state index is 12.1. The topological polar surface area (TPSA) is 78.5 Å². The van der Waals surface area contributed by atoms with Crippen molar-refractivity contribution >= 4 is 35.0 Å². The summed E-state index contributed by atoms with van der Waals surface area (Å²) in [6.45, 7) is 1.48. The highest BCUT2D eigenvalue weighted by atomic mass is 35.5. The van der Waals surface area contributed by atoms with Crippen LogP contribution in [0.3, 0.4) is 0 Å². The molecular formula is C19H20ClN3O3. The summed E-state index contributed by atoms with van der Waals surface area (Å²) < 4.78 is 0. The number of anilines is 1. The lowest BCUT2D eigenvalue weighted by Gasteiger charge is -2.17. The molecule has 0 unspecified atom stereocenters. The summed E-state index contributed by atoms with van der Waals surface area (Å²) in [6, 6.07) is 13.9. The molecule has 3 amide bonds. The van der Waals surface area contributed by atoms with Gasteiger partial charge in [0, 0.05) is 12.6 Å². The van der Waals surface area contributed by atoms with Crippen molar-refractivity contribution in [3.8, 4) is 0 Å². The van der Waals surface area contributed by atoms with Gasteiger partial charge in [-0.25, -0.2) is 0 Å². The smallest absolute Gasteiger partial charge is 0.251 e. The zero-order valence-corrected chi connectivity index (χ0v) is 15.3. The van der Waals surface area contributed by atoms with Crippen LogP contribution in [0.4, 0.5) is 5.69 Å². The first-order valence-corrected chi connectivity index (χ1v) is 8.38. The second-order valence-electron chi connectivity index (χ2n) is 5.78. The van der Waals surface area contributed by atoms with E-state index >= 15 is 0 Å². The Bertz CT molecular complexity index is 823. The van der Waals surface area contributed by atoms with E-state index in [-0.39, 0.29) is 30.8 Å². The highest BCUT2D eigenvalue weighted by molar-refractivity contribution is 6.33. The Morgan fingerprint density at radius 2 is 1.69 bits per heavy atom. The summed E-state index contributed by atoms with van der Waals surface area (Å²) in [7, 11) is 1.49. The van der Waals surface area contributed by atoms with Crippen LogP contribution in [0, 0.1) is 6.92 Å². The lowest BCUT2D eigenvalue weighted by Crippen LogP contribution is -2.41. The fourth-order valence-electron chi connectivity index (χ4n) is 2.27. The number of carbonyl (C=O) groups excluding carboxylic acids is 3. The van der Waals surface area contributed by atoms with Gasteiger partial charge in [-0.3, -0.25) is 14.4 Å². The second kappa shape index (κ2) is 9.01. The SMILES string of the molecule is Cc1ccccc1C(=O)NCC(=O)N(C)CC(=O)Nc1ccccc1Cl. The molecule has 0 spiro atoms. The van der Waals surface area contributed by atoms with Crippen LogP contribution in [-0.2, 0) is 9.59 Å². The number of aryl methyl sites for hydroxylation is 1. The quantitative estimate of drug-likeness (QED) is 0.816. The maximum absolute atomic E-state index is 12.1. The fourth-order valence-corrected chi connectivity index (χ4v) is 2.45. The van der Waals surface area contributed by atoms with Gasteiger partial charge in [-0.15, -0.1) is 0 Å². The number of amides is 3. The third-order valence-electron chi connectivity index (χ3n) is 3.74. The molecule has 136 valence electrons. The van der Waals surface area contributed by atoms with E-state index in [1.807, 2.05) is 19.1 Å². The Kier molecular flexibility index (Phi) is 6.74. The molecule has 7 heteroatoms. The average Bonchev–Trinajstić information content (AvgIpc) is 2.61. The minimum Gasteiger partial charge on any atom is -0.343 e. The van der Waals surface area contributed by atoms with E-state index in [9.17, 15) is 14.4 Å². The molecular weight excluding hydrogens is 354 g/mol. The van der Waals surface area contributed by atoms with Crippen LogP contribution in [0.25, 0.3) is 0 Å². The summed E-state index contributed by atoms with van der Waals surface area (Å²) in [5.74, 6) is -1.08. The molecule has 2 N–H and O–H groups in total. The van der Waals surface area contributed by atoms with Crippen molar-refractivity contribution in [1.82, 2.24) is 10.2 Å². The van der Waals surface area contributed by atoms with Crippen LogP contribution in [0.15, 0.2) is 48.5 Å². The molecule has 0 fully saturated rings. The van der Waals surface area contributed by atoms with E-state index in [2.05, 4.69) is 10.6 Å². The van der Waals surface area contributed by atoms with Crippen molar-refractivity contribution in [2.24, 2.45) is 0 Å². The summed E-state index contributed by atoms with van der Waals surface area (Å²) >= 11 is 5.98. The van der Waals surface area contributed by atoms with Gasteiger partial charge in [0.15, 0.2) is 0 Å². The number of nitrogens with one attached hydrogen (secondary N) is 2. The highest BCUT2D eigenvalue weighted by Gasteiger charge is 2.16. The largest absolute Gasteiger partial charge is 0.343 e. The molecule has 2 aromatic carbocycles. The van der Waals surface area contributed by atoms with E-state index in [4.69, 9.17) is 11.6 Å². The van der Waals surface area contributed by atoms with Crippen molar-refractivity contribution in [3.63, 3.8) is 0 Å². The van der Waals surface area contributed by atoms with E-state index < -0.39 is 0 Å². The number of carbonyl (C=O) groups is 3. The van der Waals surface area contributed by atoms with Gasteiger partial charge in [-0.05, 0) is 30.7 Å². The van der Waals surface area contributed by atoms with Crippen LogP contribution in [0.5, 0.6) is 0 Å². The number of halogens is 1. The van der Waals surface area contributed by atoms with Gasteiger partial charge in [0.2, 0.25) is 11.8 Å². The predicted octanol–water partition coefficient (Wildman–Crippen LogP) is 2.48. The molecule has 0 saturated heterocycles. The molecule has 2 rings (SSSR count). The second-order valence-corrected chi connectivity index (χ2v) is 6.18. The van der Waals surface area contributed by atoms with Gasteiger partial charge in [-0.1, -0.05) is 41.9 Å². The van der Waals surface area contributed by atoms with Crippen molar-refractivity contribution in [3.05, 3.63) is 64.7 Å². The van der Waals surface area contributed by atoms with E-state index in [1.54, 1.807) is 36.4 Å². The number of hydrogen-bond donors (Lipinski definition) is 2. The molecule has 0 heterocycles. The molecule has 0 aliphatic carbocycles. The van der Waals surface area contributed by atoms with Gasteiger partial charge in [-0.2, -0.15) is 0 Å². The van der Waals surface area contributed by atoms with E-state index in [0.717, 1.165) is 5.56 Å². The molecule has 0 saturated carbocycles. The summed E-state index contributed by atoms with van der Waals surface area (Å²) in [6.07, 6.45) is 0. The Labute approximate surface area is 157 Å². The lowest BCUT2D eigenvalue weighted by atomic mass is 10.1. The van der Waals surface area contributed by atoms with Crippen LogP contribution in [0.1, 0.15) is 15.9 Å². The molecule has 0 bridgehead atoms. The standard InChI is InChI=1S/C19H20ClN3O3/c1-13-7-3-4-8-14(13)19(26)21-11-18(25)23(2)12-17(24)22-16-10-6-5-9-15(16)20/h3-10H,11-12H2,1-2H3,(H,21,26)(H,22,24). The van der Waals surface area contributed by atoms with E-state index in [1.165, 1.54) is 11.9 Å². The van der Waals surface area contributed by atoms with Crippen LogP contribution in [-0.4, -0.2) is 42.8 Å². The van der Waals surface area contributed by atoms with Crippen LogP contribution in [0.2, 0.25) is 5.02 Å². The summed E-state index contributed by atoms with van der Waals surface area (Å²) in [5.41, 5.74) is 1.82. The molecule has 0 atom stereocenters. The minimum absolute atomic E-state index is 0.149. The minimum atomic E-state index is -0.376. The number of para-hydroxylation sites is 1. The van der Waals surface area contributed by atoms with E-state index in [0.29, 0.717) is 16.3 Å². The van der Waals surface area contributed by atoms with Gasteiger partial charge >= 0.3 is 0 Å². The summed E-state index contributed by atoms with van der Waals surface area (Å²) in [4.78, 5) is 37.5. The maximum Gasteiger partial charge on any atom is 0.251 e. The Balaban J connectivity index is 1.84. The predicted molar refractivity (Wildman–Crippen MR) is 101 cm³/mol. The fraction of sp³-hybridized carbons (Fsp3) is 0.211. The average molecular weight is 374 g/mol. The number of benzene rings is 2. The summed E-state index contributed by atoms with van der Waals surface area (Å²) in [5, 5.41) is 5.63. The van der Waals surface area contributed by atoms with Gasteiger partial charge in [0.05, 0.1) is 23.8 Å². The molecule has 0 aliphatic heterocycles. The first kappa shape index (κ1) is 19.5. The van der Waals surface area contributed by atoms with Crippen LogP contribution >= 0.6 is 11.6 Å². The van der Waals surface area contributed by atoms with Crippen molar-refractivity contribution < 1.29 is 14.4 Å². The highest BCUT2D eigenvalue weighted by Crippen LogP contribution is 2.20. The number of hydrogen-bond acceptors (Lipinski definition) is 3. The van der Waals surface area contributed by atoms with Crippen molar-refractivity contribution in [2.45, 2.75) is 6.92 Å². The Morgan fingerprint density at radius 1 is 1.04 bits per heavy atom. The first-order valence-electron chi connectivity index (χ1n) is 8.00. The molecule has 6 nitrogen and oxygen atoms in total. The Hall–Kier alpha value is -2.86. The molecule has 0 aromatic heterocycles. The lowest BCUT2D eigenvalue weighted by molar-refractivity contribution is -0.132. The van der Waals surface area contributed by atoms with Gasteiger partial charge in [0.25, 0.3) is 5.91 Å². The number of rotatable bonds is 6. The number of nitrogens with zero attached hydrogens (tertiary/aromatic N) is 1. The molecule has 2 aromatic rings. The van der Waals surface area contributed by atoms with Crippen LogP contribution < -0.4 is 10.6 Å². The van der Waals surface area contributed by atoms with Gasteiger partial charge < -0.3 is 15.5 Å². The Morgan fingerprint density at radius 3 is 2.38 bits per heavy atom. The zero-order chi connectivity index (χ0) is 19.1. The first-order chi connectivity index (χ1) is 12.4. The molecule has 26 heavy (non-hydrogen) atoms. The van der Waals surface area contributed by atoms with Gasteiger partial charge in [0.1, 0.15) is 0 Å². The molecule has 0 radical (unpaired) electrons. The van der Waals surface area contributed by atoms with Crippen molar-refractivity contribution in [2.75, 3.05) is 25.5 Å². The monoisotopic (exact) mass is 373 g/mol. The molecule has 0 aliphatic rings. The third-order valence-corrected chi connectivity index (χ3v) is 4.07.